The number of amides is 1. The van der Waals surface area contributed by atoms with Crippen LogP contribution in [-0.4, -0.2) is 20.9 Å². The van der Waals surface area contributed by atoms with E-state index in [0.717, 1.165) is 12.1 Å². The highest BCUT2D eigenvalue weighted by Gasteiger charge is 2.37. The molecule has 1 aliphatic carbocycles. The molecule has 5 nitrogen and oxygen atoms in total. The van der Waals surface area contributed by atoms with E-state index in [2.05, 4.69) is 12.2 Å². The average Bonchev–Trinajstić information content (AvgIpc) is 3.12. The molecule has 3 N–H and O–H groups in total. The molecule has 0 radical (unpaired) electrons. The molecule has 0 heterocycles. The molecule has 1 aromatic carbocycles. The first-order valence-corrected chi connectivity index (χ1v) is 8.22. The number of carbonyl (C=O) groups excluding carboxylic acids is 1. The molecule has 2 rings (SSSR count). The van der Waals surface area contributed by atoms with E-state index in [4.69, 9.17) is 5.14 Å². The number of aryl methyl sites for hydroxylation is 1. The van der Waals surface area contributed by atoms with E-state index in [9.17, 15) is 13.2 Å². The van der Waals surface area contributed by atoms with Gasteiger partial charge in [0.25, 0.3) is 0 Å². The highest BCUT2D eigenvalue weighted by molar-refractivity contribution is 7.89. The van der Waals surface area contributed by atoms with Crippen LogP contribution in [0.2, 0.25) is 0 Å². The summed E-state index contributed by atoms with van der Waals surface area (Å²) in [4.78, 5) is 11.8. The van der Waals surface area contributed by atoms with Gasteiger partial charge in [0.05, 0.1) is 4.90 Å². The molecule has 0 spiro atoms. The van der Waals surface area contributed by atoms with Crippen LogP contribution < -0.4 is 10.5 Å². The molecular weight excluding hydrogens is 276 g/mol. The summed E-state index contributed by atoms with van der Waals surface area (Å²) in [6.45, 7) is 2.91. The van der Waals surface area contributed by atoms with Crippen LogP contribution in [0.1, 0.15) is 31.7 Å². The van der Waals surface area contributed by atoms with Crippen LogP contribution in [-0.2, 0) is 21.2 Å². The molecule has 6 heteroatoms. The number of benzene rings is 1. The molecular formula is C14H20N2O3S. The molecule has 1 fully saturated rings. The van der Waals surface area contributed by atoms with Crippen molar-refractivity contribution in [3.8, 4) is 0 Å². The molecule has 110 valence electrons. The van der Waals surface area contributed by atoms with E-state index in [-0.39, 0.29) is 10.8 Å². The van der Waals surface area contributed by atoms with Gasteiger partial charge in [-0.05, 0) is 42.4 Å². The van der Waals surface area contributed by atoms with Gasteiger partial charge < -0.3 is 5.32 Å². The van der Waals surface area contributed by atoms with Gasteiger partial charge in [0.2, 0.25) is 15.9 Å². The first-order valence-electron chi connectivity index (χ1n) is 6.67. The summed E-state index contributed by atoms with van der Waals surface area (Å²) < 4.78 is 22.2. The van der Waals surface area contributed by atoms with Gasteiger partial charge in [-0.15, -0.1) is 0 Å². The molecule has 0 aliphatic heterocycles. The molecule has 0 saturated heterocycles. The van der Waals surface area contributed by atoms with Crippen LogP contribution in [0.5, 0.6) is 0 Å². The lowest BCUT2D eigenvalue weighted by atomic mass is 10.1. The number of primary sulfonamides is 1. The lowest BCUT2D eigenvalue weighted by Crippen LogP contribution is -2.29. The van der Waals surface area contributed by atoms with Gasteiger partial charge in [0, 0.05) is 13.0 Å². The van der Waals surface area contributed by atoms with E-state index in [1.807, 2.05) is 0 Å². The smallest absolute Gasteiger partial charge is 0.238 e. The Bertz CT molecular complexity index is 589. The predicted octanol–water partition coefficient (Wildman–Crippen LogP) is 1.18. The Labute approximate surface area is 119 Å². The van der Waals surface area contributed by atoms with Gasteiger partial charge in [-0.2, -0.15) is 0 Å². The van der Waals surface area contributed by atoms with E-state index in [1.54, 1.807) is 12.1 Å². The first-order chi connectivity index (χ1) is 9.28. The van der Waals surface area contributed by atoms with Crippen molar-refractivity contribution in [3.05, 3.63) is 29.8 Å². The minimum absolute atomic E-state index is 0.0358. The second-order valence-electron chi connectivity index (χ2n) is 5.78. The second kappa shape index (κ2) is 5.54. The van der Waals surface area contributed by atoms with Crippen LogP contribution in [0.4, 0.5) is 0 Å². The SMILES string of the molecule is CC1(CNC(=O)CCc2ccc(S(N)(=O)=O)cc2)CC1. The van der Waals surface area contributed by atoms with Gasteiger partial charge >= 0.3 is 0 Å². The number of hydrogen-bond donors (Lipinski definition) is 2. The Morgan fingerprint density at radius 2 is 1.90 bits per heavy atom. The number of hydrogen-bond acceptors (Lipinski definition) is 3. The summed E-state index contributed by atoms with van der Waals surface area (Å²) in [5.41, 5.74) is 1.23. The van der Waals surface area contributed by atoms with Crippen LogP contribution in [0.25, 0.3) is 0 Å². The maximum absolute atomic E-state index is 11.7. The average molecular weight is 296 g/mol. The Hall–Kier alpha value is -1.40. The third-order valence-electron chi connectivity index (χ3n) is 3.71. The molecule has 0 atom stereocenters. The summed E-state index contributed by atoms with van der Waals surface area (Å²) in [6, 6.07) is 6.31. The summed E-state index contributed by atoms with van der Waals surface area (Å²) >= 11 is 0. The van der Waals surface area contributed by atoms with E-state index in [0.29, 0.717) is 18.3 Å². The molecule has 0 aromatic heterocycles. The third kappa shape index (κ3) is 4.31. The van der Waals surface area contributed by atoms with Gasteiger partial charge in [-0.3, -0.25) is 4.79 Å². The minimum atomic E-state index is -3.65. The fraction of sp³-hybridized carbons (Fsp3) is 0.500. The maximum Gasteiger partial charge on any atom is 0.238 e. The summed E-state index contributed by atoms with van der Waals surface area (Å²) in [6.07, 6.45) is 3.36. The highest BCUT2D eigenvalue weighted by Crippen LogP contribution is 2.43. The quantitative estimate of drug-likeness (QED) is 0.826. The normalized spacial score (nSPS) is 16.7. The Balaban J connectivity index is 1.80. The summed E-state index contributed by atoms with van der Waals surface area (Å²) in [5.74, 6) is 0.0358. The fourth-order valence-corrected chi connectivity index (χ4v) is 2.41. The van der Waals surface area contributed by atoms with Gasteiger partial charge in [-0.1, -0.05) is 19.1 Å². The minimum Gasteiger partial charge on any atom is -0.356 e. The third-order valence-corrected chi connectivity index (χ3v) is 4.64. The fourth-order valence-electron chi connectivity index (χ4n) is 1.89. The Morgan fingerprint density at radius 1 is 1.30 bits per heavy atom. The van der Waals surface area contributed by atoms with E-state index in [1.165, 1.54) is 25.0 Å². The predicted molar refractivity (Wildman–Crippen MR) is 76.5 cm³/mol. The molecule has 1 aliphatic rings. The van der Waals surface area contributed by atoms with Crippen molar-refractivity contribution >= 4 is 15.9 Å². The van der Waals surface area contributed by atoms with Crippen molar-refractivity contribution in [2.24, 2.45) is 10.6 Å². The Morgan fingerprint density at radius 3 is 2.40 bits per heavy atom. The summed E-state index contributed by atoms with van der Waals surface area (Å²) in [7, 11) is -3.65. The van der Waals surface area contributed by atoms with Crippen LogP contribution in [0.3, 0.4) is 0 Å². The van der Waals surface area contributed by atoms with Crippen molar-refractivity contribution in [1.29, 1.82) is 0 Å². The molecule has 20 heavy (non-hydrogen) atoms. The highest BCUT2D eigenvalue weighted by atomic mass is 32.2. The molecule has 0 unspecified atom stereocenters. The number of nitrogens with two attached hydrogens (primary N) is 1. The summed E-state index contributed by atoms with van der Waals surface area (Å²) in [5, 5.41) is 7.96. The zero-order valence-electron chi connectivity index (χ0n) is 11.6. The van der Waals surface area contributed by atoms with Crippen molar-refractivity contribution in [3.63, 3.8) is 0 Å². The maximum atomic E-state index is 11.7. The van der Waals surface area contributed by atoms with E-state index >= 15 is 0 Å². The molecule has 1 amide bonds. The van der Waals surface area contributed by atoms with Gasteiger partial charge in [-0.25, -0.2) is 13.6 Å². The van der Waals surface area contributed by atoms with Gasteiger partial charge in [0.1, 0.15) is 0 Å². The van der Waals surface area contributed by atoms with Crippen LogP contribution in [0, 0.1) is 5.41 Å². The first kappa shape index (κ1) is 15.0. The van der Waals surface area contributed by atoms with E-state index < -0.39 is 10.0 Å². The van der Waals surface area contributed by atoms with Crippen molar-refractivity contribution < 1.29 is 13.2 Å². The van der Waals surface area contributed by atoms with Crippen molar-refractivity contribution in [2.45, 2.75) is 37.5 Å². The standard InChI is InChI=1S/C14H20N2O3S/c1-14(8-9-14)10-16-13(17)7-4-11-2-5-12(6-3-11)20(15,18)19/h2-3,5-6H,4,7-10H2,1H3,(H,16,17)(H2,15,18,19). The second-order valence-corrected chi connectivity index (χ2v) is 7.34. The van der Waals surface area contributed by atoms with Crippen molar-refractivity contribution in [1.82, 2.24) is 5.32 Å². The monoisotopic (exact) mass is 296 g/mol. The Kier molecular flexibility index (Phi) is 4.15. The zero-order valence-corrected chi connectivity index (χ0v) is 12.4. The largest absolute Gasteiger partial charge is 0.356 e. The lowest BCUT2D eigenvalue weighted by molar-refractivity contribution is -0.121. The number of nitrogens with one attached hydrogen (secondary N) is 1. The van der Waals surface area contributed by atoms with Crippen LogP contribution >= 0.6 is 0 Å². The molecule has 1 saturated carbocycles. The lowest BCUT2D eigenvalue weighted by Gasteiger charge is -2.10. The topological polar surface area (TPSA) is 89.3 Å². The number of rotatable bonds is 6. The zero-order chi connectivity index (χ0) is 14.8. The van der Waals surface area contributed by atoms with Gasteiger partial charge in [0.15, 0.2) is 0 Å². The van der Waals surface area contributed by atoms with Crippen molar-refractivity contribution in [2.75, 3.05) is 6.54 Å². The van der Waals surface area contributed by atoms with Crippen LogP contribution in [0.15, 0.2) is 29.2 Å². The number of sulfonamides is 1. The number of carbonyl (C=O) groups is 1. The molecule has 1 aromatic rings. The molecule has 0 bridgehead atoms.